The minimum Gasteiger partial charge on any atom is -0.497 e. The van der Waals surface area contributed by atoms with Crippen LogP contribution in [0.4, 0.5) is 0 Å². The maximum atomic E-state index is 13.4. The molecular weight excluding hydrogens is 342 g/mol. The molecule has 5 heteroatoms. The molecule has 0 aliphatic carbocycles. The van der Waals surface area contributed by atoms with Gasteiger partial charge in [0, 0.05) is 18.8 Å². The van der Waals surface area contributed by atoms with Gasteiger partial charge in [0.2, 0.25) is 5.91 Å². The van der Waals surface area contributed by atoms with Crippen LogP contribution in [0.15, 0.2) is 48.5 Å². The number of methoxy groups -OCH3 is 2. The van der Waals surface area contributed by atoms with E-state index in [0.717, 1.165) is 22.6 Å². The van der Waals surface area contributed by atoms with Gasteiger partial charge in [-0.1, -0.05) is 30.3 Å². The first-order valence-corrected chi connectivity index (χ1v) is 9.27. The van der Waals surface area contributed by atoms with E-state index in [0.29, 0.717) is 26.1 Å². The predicted octanol–water partition coefficient (Wildman–Crippen LogP) is 3.63. The van der Waals surface area contributed by atoms with Crippen molar-refractivity contribution in [2.75, 3.05) is 27.4 Å². The zero-order chi connectivity index (χ0) is 19.3. The first-order chi connectivity index (χ1) is 13.1. The molecule has 5 nitrogen and oxygen atoms in total. The van der Waals surface area contributed by atoms with Gasteiger partial charge in [-0.25, -0.2) is 0 Å². The predicted molar refractivity (Wildman–Crippen MR) is 104 cm³/mol. The highest BCUT2D eigenvalue weighted by molar-refractivity contribution is 5.88. The van der Waals surface area contributed by atoms with Crippen LogP contribution in [0.2, 0.25) is 0 Å². The van der Waals surface area contributed by atoms with Crippen LogP contribution in [0.1, 0.15) is 36.9 Å². The smallest absolute Gasteiger partial charge is 0.231 e. The van der Waals surface area contributed by atoms with Crippen LogP contribution in [0.5, 0.6) is 11.5 Å². The Morgan fingerprint density at radius 1 is 1.07 bits per heavy atom. The number of ether oxygens (including phenoxy) is 3. The van der Waals surface area contributed by atoms with Gasteiger partial charge >= 0.3 is 0 Å². The molecule has 0 saturated carbocycles. The van der Waals surface area contributed by atoms with Gasteiger partial charge < -0.3 is 19.5 Å². The lowest BCUT2D eigenvalue weighted by molar-refractivity contribution is -0.131. The normalized spacial score (nSPS) is 17.0. The maximum absolute atomic E-state index is 13.4. The highest BCUT2D eigenvalue weighted by atomic mass is 16.5. The SMILES string of the molecule is COc1ccc(OC)c([C@@H](C)NC(=O)C2(c3ccccc3)CCOCC2)c1. The molecule has 1 heterocycles. The standard InChI is InChI=1S/C22H27NO4/c1-16(19-15-18(25-2)9-10-20(19)26-3)23-21(24)22(11-13-27-14-12-22)17-7-5-4-6-8-17/h4-10,15-16H,11-14H2,1-3H3,(H,23,24)/t16-/m1/s1. The third kappa shape index (κ3) is 3.93. The summed E-state index contributed by atoms with van der Waals surface area (Å²) in [6.07, 6.45) is 1.34. The van der Waals surface area contributed by atoms with E-state index in [4.69, 9.17) is 14.2 Å². The highest BCUT2D eigenvalue weighted by Gasteiger charge is 2.42. The molecule has 1 aliphatic heterocycles. The van der Waals surface area contributed by atoms with Crippen molar-refractivity contribution in [3.8, 4) is 11.5 Å². The van der Waals surface area contributed by atoms with Gasteiger partial charge in [-0.3, -0.25) is 4.79 Å². The van der Waals surface area contributed by atoms with Crippen molar-refractivity contribution < 1.29 is 19.0 Å². The zero-order valence-corrected chi connectivity index (χ0v) is 16.2. The van der Waals surface area contributed by atoms with Crippen LogP contribution in [0.3, 0.4) is 0 Å². The minimum absolute atomic E-state index is 0.0226. The summed E-state index contributed by atoms with van der Waals surface area (Å²) in [6, 6.07) is 15.4. The Balaban J connectivity index is 1.88. The topological polar surface area (TPSA) is 56.8 Å². The summed E-state index contributed by atoms with van der Waals surface area (Å²) in [7, 11) is 3.26. The van der Waals surface area contributed by atoms with Gasteiger partial charge in [0.05, 0.1) is 25.7 Å². The Labute approximate surface area is 160 Å². The highest BCUT2D eigenvalue weighted by Crippen LogP contribution is 2.36. The van der Waals surface area contributed by atoms with Crippen molar-refractivity contribution >= 4 is 5.91 Å². The molecule has 0 bridgehead atoms. The Morgan fingerprint density at radius 3 is 2.41 bits per heavy atom. The monoisotopic (exact) mass is 369 g/mol. The molecular formula is C22H27NO4. The summed E-state index contributed by atoms with van der Waals surface area (Å²) >= 11 is 0. The van der Waals surface area contributed by atoms with Crippen LogP contribution in [0.25, 0.3) is 0 Å². The van der Waals surface area contributed by atoms with E-state index in [1.54, 1.807) is 14.2 Å². The quantitative estimate of drug-likeness (QED) is 0.845. The van der Waals surface area contributed by atoms with Crippen LogP contribution in [-0.4, -0.2) is 33.3 Å². The number of hydrogen-bond donors (Lipinski definition) is 1. The second-order valence-corrected chi connectivity index (χ2v) is 6.86. The molecule has 3 rings (SSSR count). The van der Waals surface area contributed by atoms with Crippen molar-refractivity contribution in [2.24, 2.45) is 0 Å². The number of carbonyl (C=O) groups excluding carboxylic acids is 1. The van der Waals surface area contributed by atoms with Gasteiger partial charge in [0.1, 0.15) is 11.5 Å². The van der Waals surface area contributed by atoms with Crippen LogP contribution < -0.4 is 14.8 Å². The Bertz CT molecular complexity index is 769. The molecule has 2 aromatic rings. The first kappa shape index (κ1) is 19.2. The van der Waals surface area contributed by atoms with Crippen molar-refractivity contribution in [3.05, 3.63) is 59.7 Å². The van der Waals surface area contributed by atoms with Gasteiger partial charge in [0.15, 0.2) is 0 Å². The molecule has 0 aromatic heterocycles. The van der Waals surface area contributed by atoms with E-state index >= 15 is 0 Å². The third-order valence-electron chi connectivity index (χ3n) is 5.36. The average molecular weight is 369 g/mol. The second-order valence-electron chi connectivity index (χ2n) is 6.86. The van der Waals surface area contributed by atoms with Crippen molar-refractivity contribution in [1.82, 2.24) is 5.32 Å². The number of carbonyl (C=O) groups is 1. The van der Waals surface area contributed by atoms with Crippen LogP contribution in [-0.2, 0) is 14.9 Å². The molecule has 27 heavy (non-hydrogen) atoms. The van der Waals surface area contributed by atoms with E-state index in [-0.39, 0.29) is 11.9 Å². The molecule has 1 aliphatic rings. The number of rotatable bonds is 6. The molecule has 1 fully saturated rings. The summed E-state index contributed by atoms with van der Waals surface area (Å²) in [5, 5.41) is 3.20. The van der Waals surface area contributed by atoms with E-state index in [1.165, 1.54) is 0 Å². The van der Waals surface area contributed by atoms with Gasteiger partial charge in [-0.15, -0.1) is 0 Å². The van der Waals surface area contributed by atoms with Crippen molar-refractivity contribution in [2.45, 2.75) is 31.2 Å². The third-order valence-corrected chi connectivity index (χ3v) is 5.36. The number of nitrogens with one attached hydrogen (secondary N) is 1. The lowest BCUT2D eigenvalue weighted by Gasteiger charge is -2.37. The molecule has 1 N–H and O–H groups in total. The Kier molecular flexibility index (Phi) is 6.01. The summed E-state index contributed by atoms with van der Waals surface area (Å²) in [5.74, 6) is 1.48. The van der Waals surface area contributed by atoms with Crippen molar-refractivity contribution in [1.29, 1.82) is 0 Å². The summed E-state index contributed by atoms with van der Waals surface area (Å²) in [6.45, 7) is 3.13. The molecule has 144 valence electrons. The fourth-order valence-corrected chi connectivity index (χ4v) is 3.71. The molecule has 0 radical (unpaired) electrons. The number of benzene rings is 2. The lowest BCUT2D eigenvalue weighted by atomic mass is 9.73. The van der Waals surface area contributed by atoms with Crippen molar-refractivity contribution in [3.63, 3.8) is 0 Å². The summed E-state index contributed by atoms with van der Waals surface area (Å²) in [4.78, 5) is 13.4. The summed E-state index contributed by atoms with van der Waals surface area (Å²) < 4.78 is 16.3. The molecule has 2 aromatic carbocycles. The second kappa shape index (κ2) is 8.44. The van der Waals surface area contributed by atoms with Crippen LogP contribution in [0, 0.1) is 0 Å². The fourth-order valence-electron chi connectivity index (χ4n) is 3.71. The molecule has 0 unspecified atom stereocenters. The van der Waals surface area contributed by atoms with Gasteiger partial charge in [-0.2, -0.15) is 0 Å². The van der Waals surface area contributed by atoms with E-state index in [9.17, 15) is 4.79 Å². The average Bonchev–Trinajstić information content (AvgIpc) is 2.74. The van der Waals surface area contributed by atoms with Gasteiger partial charge in [-0.05, 0) is 43.5 Å². The Morgan fingerprint density at radius 2 is 1.78 bits per heavy atom. The summed E-state index contributed by atoms with van der Waals surface area (Å²) in [5.41, 5.74) is 1.36. The van der Waals surface area contributed by atoms with E-state index in [1.807, 2.05) is 55.5 Å². The molecule has 1 atom stereocenters. The first-order valence-electron chi connectivity index (χ1n) is 9.27. The molecule has 0 spiro atoms. The van der Waals surface area contributed by atoms with E-state index < -0.39 is 5.41 Å². The maximum Gasteiger partial charge on any atom is 0.231 e. The fraction of sp³-hybridized carbons (Fsp3) is 0.409. The largest absolute Gasteiger partial charge is 0.497 e. The van der Waals surface area contributed by atoms with Gasteiger partial charge in [0.25, 0.3) is 0 Å². The zero-order valence-electron chi connectivity index (χ0n) is 16.2. The lowest BCUT2D eigenvalue weighted by Crippen LogP contribution is -2.48. The Hall–Kier alpha value is -2.53. The number of amides is 1. The minimum atomic E-state index is -0.570. The van der Waals surface area contributed by atoms with E-state index in [2.05, 4.69) is 5.32 Å². The number of hydrogen-bond acceptors (Lipinski definition) is 4. The molecule has 1 saturated heterocycles. The molecule has 1 amide bonds. The van der Waals surface area contributed by atoms with Crippen LogP contribution >= 0.6 is 0 Å².